The number of phosphoric ester groups is 2. The van der Waals surface area contributed by atoms with Crippen LogP contribution in [0, 0.1) is 0 Å². The van der Waals surface area contributed by atoms with Crippen LogP contribution in [0.5, 0.6) is 0 Å². The normalized spacial score (nSPS) is 14.4. The van der Waals surface area contributed by atoms with Gasteiger partial charge in [0.15, 0.2) is 12.2 Å². The second kappa shape index (κ2) is 70.0. The zero-order valence-corrected chi connectivity index (χ0v) is 62.6. The molecule has 0 fully saturated rings. The van der Waals surface area contributed by atoms with Crippen molar-refractivity contribution in [1.29, 1.82) is 0 Å². The topological polar surface area (TPSA) is 237 Å². The van der Waals surface area contributed by atoms with E-state index in [1.54, 1.807) is 0 Å². The predicted molar refractivity (Wildman–Crippen MR) is 390 cm³/mol. The molecule has 0 aromatic rings. The van der Waals surface area contributed by atoms with E-state index in [4.69, 9.17) is 37.0 Å². The number of hydrogen-bond donors (Lipinski definition) is 3. The van der Waals surface area contributed by atoms with E-state index in [1.165, 1.54) is 96.3 Å². The lowest BCUT2D eigenvalue weighted by Gasteiger charge is -2.21. The van der Waals surface area contributed by atoms with Crippen LogP contribution in [0.25, 0.3) is 0 Å². The summed E-state index contributed by atoms with van der Waals surface area (Å²) in [6.45, 7) is 4.78. The highest BCUT2D eigenvalue weighted by Gasteiger charge is 2.30. The van der Waals surface area contributed by atoms with Crippen LogP contribution in [-0.4, -0.2) is 96.7 Å². The van der Waals surface area contributed by atoms with Crippen LogP contribution in [0.2, 0.25) is 0 Å². The van der Waals surface area contributed by atoms with Gasteiger partial charge in [0.25, 0.3) is 0 Å². The number of phosphoric acid groups is 2. The first-order valence-corrected chi connectivity index (χ1v) is 41.2. The van der Waals surface area contributed by atoms with E-state index in [0.29, 0.717) is 25.7 Å². The van der Waals surface area contributed by atoms with Crippen LogP contribution >= 0.6 is 15.6 Å². The molecule has 0 saturated heterocycles. The summed E-state index contributed by atoms with van der Waals surface area (Å²) in [5, 5.41) is 10.6. The third-order valence-electron chi connectivity index (χ3n) is 16.1. The number of esters is 4. The summed E-state index contributed by atoms with van der Waals surface area (Å²) in [4.78, 5) is 72.8. The first-order chi connectivity index (χ1) is 46.7. The van der Waals surface area contributed by atoms with Crippen LogP contribution < -0.4 is 0 Å². The summed E-state index contributed by atoms with van der Waals surface area (Å²) < 4.78 is 68.4. The van der Waals surface area contributed by atoms with Crippen molar-refractivity contribution in [3.05, 3.63) is 72.9 Å². The fourth-order valence-corrected chi connectivity index (χ4v) is 11.8. The molecule has 558 valence electrons. The molecule has 0 rings (SSSR count). The molecular weight excluding hydrogens is 1260 g/mol. The summed E-state index contributed by atoms with van der Waals surface area (Å²) in [5.41, 5.74) is 0. The summed E-state index contributed by atoms with van der Waals surface area (Å²) in [6, 6.07) is 0. The molecule has 3 N–H and O–H groups in total. The van der Waals surface area contributed by atoms with Gasteiger partial charge in [0.2, 0.25) is 0 Å². The van der Waals surface area contributed by atoms with Gasteiger partial charge in [-0.2, -0.15) is 0 Å². The molecule has 0 aliphatic heterocycles. The van der Waals surface area contributed by atoms with Crippen LogP contribution in [0.1, 0.15) is 336 Å². The van der Waals surface area contributed by atoms with Crippen molar-refractivity contribution in [1.82, 2.24) is 0 Å². The van der Waals surface area contributed by atoms with E-state index < -0.39 is 97.5 Å². The number of allylic oxidation sites excluding steroid dienone is 12. The minimum absolute atomic E-state index is 0.0762. The number of carbonyl (C=O) groups is 4. The smallest absolute Gasteiger partial charge is 0.462 e. The van der Waals surface area contributed by atoms with Crippen LogP contribution in [0.15, 0.2) is 72.9 Å². The van der Waals surface area contributed by atoms with Crippen molar-refractivity contribution >= 4 is 39.5 Å². The zero-order valence-electron chi connectivity index (χ0n) is 60.8. The fraction of sp³-hybridized carbons (Fsp3) is 0.792. The quantitative estimate of drug-likeness (QED) is 0.0128. The van der Waals surface area contributed by atoms with Gasteiger partial charge in [0, 0.05) is 25.7 Å². The Morgan fingerprint density at radius 3 is 0.865 bits per heavy atom. The fourth-order valence-electron chi connectivity index (χ4n) is 10.2. The van der Waals surface area contributed by atoms with E-state index >= 15 is 0 Å². The summed E-state index contributed by atoms with van der Waals surface area (Å²) in [6.07, 6.45) is 68.9. The zero-order chi connectivity index (χ0) is 70.4. The summed E-state index contributed by atoms with van der Waals surface area (Å²) in [5.74, 6) is -2.21. The van der Waals surface area contributed by atoms with Crippen LogP contribution in [0.4, 0.5) is 0 Å². The Bertz CT molecular complexity index is 2110. The molecule has 96 heavy (non-hydrogen) atoms. The molecule has 17 nitrogen and oxygen atoms in total. The van der Waals surface area contributed by atoms with Crippen molar-refractivity contribution in [2.24, 2.45) is 0 Å². The Hall–Kier alpha value is -3.50. The maximum atomic E-state index is 13.1. The third-order valence-corrected chi connectivity index (χ3v) is 18.0. The molecule has 0 bridgehead atoms. The second-order valence-corrected chi connectivity index (χ2v) is 28.5. The lowest BCUT2D eigenvalue weighted by Crippen LogP contribution is -2.30. The van der Waals surface area contributed by atoms with E-state index in [0.717, 1.165) is 161 Å². The number of ether oxygens (including phenoxy) is 4. The van der Waals surface area contributed by atoms with Gasteiger partial charge in [-0.1, -0.05) is 248 Å². The van der Waals surface area contributed by atoms with Crippen molar-refractivity contribution in [2.75, 3.05) is 39.6 Å². The molecule has 0 heterocycles. The molecule has 0 aromatic carbocycles. The van der Waals surface area contributed by atoms with E-state index in [1.807, 2.05) is 0 Å². The number of aliphatic hydroxyl groups excluding tert-OH is 1. The van der Waals surface area contributed by atoms with Gasteiger partial charge < -0.3 is 33.8 Å². The minimum atomic E-state index is -4.98. The predicted octanol–water partition coefficient (Wildman–Crippen LogP) is 21.7. The lowest BCUT2D eigenvalue weighted by atomic mass is 10.1. The molecule has 0 aliphatic rings. The van der Waals surface area contributed by atoms with Crippen molar-refractivity contribution < 1.29 is 80.2 Å². The molecule has 2 unspecified atom stereocenters. The number of carbonyl (C=O) groups excluding carboxylic acids is 4. The number of aliphatic hydroxyl groups is 1. The average molecular weight is 1400 g/mol. The Morgan fingerprint density at radius 1 is 0.302 bits per heavy atom. The van der Waals surface area contributed by atoms with Gasteiger partial charge in [0.05, 0.1) is 26.4 Å². The van der Waals surface area contributed by atoms with Gasteiger partial charge in [-0.05, 0) is 135 Å². The molecule has 0 radical (unpaired) electrons. The molecule has 0 spiro atoms. The van der Waals surface area contributed by atoms with Gasteiger partial charge >= 0.3 is 39.5 Å². The highest BCUT2D eigenvalue weighted by molar-refractivity contribution is 7.47. The number of unbranched alkanes of at least 4 members (excludes halogenated alkanes) is 35. The van der Waals surface area contributed by atoms with Crippen LogP contribution in [0.3, 0.4) is 0 Å². The SMILES string of the molecule is CCCCC/C=C\C/C=C\CCCCCCCC(=O)OC[C@H](COP(=O)(O)OC[C@H](O)COP(=O)(O)OC[C@@H](COC(=O)CCCCCCC/C=C\CCCCCC)OC(=O)CCCCCCC/C=C\CCCCCC)OC(=O)CCCCCCC/C=C\C=C/CCCCCC. The van der Waals surface area contributed by atoms with Crippen molar-refractivity contribution in [3.63, 3.8) is 0 Å². The number of rotatable bonds is 72. The third kappa shape index (κ3) is 69.0. The molecule has 5 atom stereocenters. The van der Waals surface area contributed by atoms with Gasteiger partial charge in [-0.3, -0.25) is 37.3 Å². The first-order valence-electron chi connectivity index (χ1n) is 38.2. The highest BCUT2D eigenvalue weighted by Crippen LogP contribution is 2.45. The van der Waals surface area contributed by atoms with E-state index in [2.05, 4.69) is 101 Å². The average Bonchev–Trinajstić information content (AvgIpc) is 1.36. The Kier molecular flexibility index (Phi) is 67.4. The van der Waals surface area contributed by atoms with Gasteiger partial charge in [-0.25, -0.2) is 9.13 Å². The minimum Gasteiger partial charge on any atom is -0.462 e. The van der Waals surface area contributed by atoms with Gasteiger partial charge in [0.1, 0.15) is 19.3 Å². The molecule has 19 heteroatoms. The Labute approximate surface area is 583 Å². The number of hydrogen-bond acceptors (Lipinski definition) is 15. The van der Waals surface area contributed by atoms with Crippen molar-refractivity contribution in [3.8, 4) is 0 Å². The lowest BCUT2D eigenvalue weighted by molar-refractivity contribution is -0.161. The maximum absolute atomic E-state index is 13.1. The Balaban J connectivity index is 5.36. The van der Waals surface area contributed by atoms with Crippen LogP contribution in [-0.2, 0) is 65.4 Å². The molecule has 0 amide bonds. The standard InChI is InChI=1S/C77H138O17P2/c1-5-9-13-17-21-25-29-33-35-39-42-46-50-54-58-62-75(80)88-68-73(94-77(82)64-60-56-52-48-44-40-36-34-30-26-22-18-14-10-6-2)70-92-96(85,86)90-66-71(78)65-89-95(83,84)91-69-72(93-76(81)63-59-55-51-47-43-38-32-28-24-20-16-12-8-4)67-87-74(79)61-57-53-49-45-41-37-31-27-23-19-15-11-7-3/h21,25-28,30-36,71-73,78H,5-20,22-24,29,37-70H2,1-4H3,(H,83,84)(H,85,86)/b25-21-,30-26-,31-27-,32-28-,35-33-,36-34-/t71-,72-,73-/m1/s1. The van der Waals surface area contributed by atoms with E-state index in [-0.39, 0.29) is 25.7 Å². The van der Waals surface area contributed by atoms with Gasteiger partial charge in [-0.15, -0.1) is 0 Å². The summed E-state index contributed by atoms with van der Waals surface area (Å²) in [7, 11) is -9.95. The maximum Gasteiger partial charge on any atom is 0.472 e. The molecule has 0 saturated carbocycles. The van der Waals surface area contributed by atoms with E-state index in [9.17, 15) is 43.2 Å². The monoisotopic (exact) mass is 1400 g/mol. The molecule has 0 aromatic heterocycles. The highest BCUT2D eigenvalue weighted by atomic mass is 31.2. The first kappa shape index (κ1) is 92.5. The largest absolute Gasteiger partial charge is 0.472 e. The Morgan fingerprint density at radius 2 is 0.542 bits per heavy atom. The van der Waals surface area contributed by atoms with Crippen molar-refractivity contribution in [2.45, 2.75) is 354 Å². The second-order valence-electron chi connectivity index (χ2n) is 25.6. The summed E-state index contributed by atoms with van der Waals surface area (Å²) >= 11 is 0. The molecular formula is C77H138O17P2. The molecule has 0 aliphatic carbocycles.